The number of allylic oxidation sites excluding steroid dienone is 2. The molecule has 0 radical (unpaired) electrons. The van der Waals surface area contributed by atoms with E-state index in [1.165, 1.54) is 0 Å². The van der Waals surface area contributed by atoms with E-state index in [0.29, 0.717) is 5.70 Å². The van der Waals surface area contributed by atoms with Gasteiger partial charge in [0.05, 0.1) is 0 Å². The molecule has 0 bridgehead atoms. The van der Waals surface area contributed by atoms with Crippen molar-refractivity contribution < 1.29 is 0 Å². The van der Waals surface area contributed by atoms with Gasteiger partial charge in [-0.1, -0.05) is 18.2 Å². The van der Waals surface area contributed by atoms with Gasteiger partial charge in [-0.15, -0.1) is 0 Å². The molecule has 0 atom stereocenters. The molecule has 0 unspecified atom stereocenters. The van der Waals surface area contributed by atoms with Crippen LogP contribution in [0.5, 0.6) is 0 Å². The molecule has 2 heteroatoms. The van der Waals surface area contributed by atoms with Gasteiger partial charge >= 0.3 is 0 Å². The molecule has 1 rings (SSSR count). The largest absolute Gasteiger partial charge is 0.347 e. The Kier molecular flexibility index (Phi) is 3.10. The SMILES string of the molecule is CC(C)=C(C#N)Nc1ccccc1. The second-order valence-electron chi connectivity index (χ2n) is 2.98. The van der Waals surface area contributed by atoms with Crippen molar-refractivity contribution in [3.8, 4) is 6.07 Å². The van der Waals surface area contributed by atoms with Crippen LogP contribution in [0.15, 0.2) is 41.6 Å². The molecule has 2 nitrogen and oxygen atoms in total. The number of hydrogen-bond acceptors (Lipinski definition) is 2. The molecule has 1 N–H and O–H groups in total. The highest BCUT2D eigenvalue weighted by atomic mass is 14.9. The number of hydrogen-bond donors (Lipinski definition) is 1. The van der Waals surface area contributed by atoms with Crippen LogP contribution in [0, 0.1) is 11.3 Å². The van der Waals surface area contributed by atoms with E-state index in [0.717, 1.165) is 11.3 Å². The fourth-order valence-electron chi connectivity index (χ4n) is 0.931. The standard InChI is InChI=1S/C11H12N2/c1-9(2)11(8-12)13-10-6-4-3-5-7-10/h3-7,13H,1-2H3. The molecule has 0 fully saturated rings. The van der Waals surface area contributed by atoms with Crippen LogP contribution in [-0.4, -0.2) is 0 Å². The topological polar surface area (TPSA) is 35.8 Å². The van der Waals surface area contributed by atoms with E-state index >= 15 is 0 Å². The number of anilines is 1. The molecule has 0 aliphatic rings. The van der Waals surface area contributed by atoms with E-state index in [9.17, 15) is 0 Å². The Labute approximate surface area is 78.5 Å². The minimum absolute atomic E-state index is 0.617. The Morgan fingerprint density at radius 3 is 2.31 bits per heavy atom. The molecular formula is C11H12N2. The van der Waals surface area contributed by atoms with Crippen molar-refractivity contribution in [3.63, 3.8) is 0 Å². The predicted molar refractivity (Wildman–Crippen MR) is 54.1 cm³/mol. The van der Waals surface area contributed by atoms with Crippen molar-refractivity contribution >= 4 is 5.69 Å². The van der Waals surface area contributed by atoms with Crippen LogP contribution in [0.4, 0.5) is 5.69 Å². The van der Waals surface area contributed by atoms with Crippen molar-refractivity contribution in [1.82, 2.24) is 0 Å². The maximum atomic E-state index is 8.79. The van der Waals surface area contributed by atoms with Crippen LogP contribution in [-0.2, 0) is 0 Å². The number of para-hydroxylation sites is 1. The van der Waals surface area contributed by atoms with Crippen molar-refractivity contribution in [2.24, 2.45) is 0 Å². The van der Waals surface area contributed by atoms with Crippen molar-refractivity contribution in [2.75, 3.05) is 5.32 Å². The van der Waals surface area contributed by atoms with Crippen LogP contribution in [0.1, 0.15) is 13.8 Å². The molecule has 0 aliphatic carbocycles. The monoisotopic (exact) mass is 172 g/mol. The van der Waals surface area contributed by atoms with E-state index in [1.54, 1.807) is 0 Å². The van der Waals surface area contributed by atoms with Crippen molar-refractivity contribution in [1.29, 1.82) is 5.26 Å². The van der Waals surface area contributed by atoms with Gasteiger partial charge in [0.1, 0.15) is 11.8 Å². The van der Waals surface area contributed by atoms with E-state index in [4.69, 9.17) is 5.26 Å². The van der Waals surface area contributed by atoms with Gasteiger partial charge in [-0.25, -0.2) is 0 Å². The first-order chi connectivity index (χ1) is 6.24. The maximum absolute atomic E-state index is 8.79. The van der Waals surface area contributed by atoms with Gasteiger partial charge in [-0.2, -0.15) is 5.26 Å². The second-order valence-corrected chi connectivity index (χ2v) is 2.98. The summed E-state index contributed by atoms with van der Waals surface area (Å²) in [6.45, 7) is 3.82. The third kappa shape index (κ3) is 2.64. The molecule has 13 heavy (non-hydrogen) atoms. The Balaban J connectivity index is 2.82. The summed E-state index contributed by atoms with van der Waals surface area (Å²) >= 11 is 0. The summed E-state index contributed by atoms with van der Waals surface area (Å²) in [5.41, 5.74) is 2.55. The summed E-state index contributed by atoms with van der Waals surface area (Å²) in [6.07, 6.45) is 0. The number of nitrogens with one attached hydrogen (secondary N) is 1. The molecular weight excluding hydrogens is 160 g/mol. The fraction of sp³-hybridized carbons (Fsp3) is 0.182. The quantitative estimate of drug-likeness (QED) is 0.696. The molecule has 0 aromatic heterocycles. The predicted octanol–water partition coefficient (Wildman–Crippen LogP) is 2.92. The average molecular weight is 172 g/mol. The van der Waals surface area contributed by atoms with Crippen molar-refractivity contribution in [2.45, 2.75) is 13.8 Å². The highest BCUT2D eigenvalue weighted by Gasteiger charge is 1.96. The Bertz CT molecular complexity index is 340. The minimum Gasteiger partial charge on any atom is -0.347 e. The lowest BCUT2D eigenvalue weighted by molar-refractivity contribution is 1.29. The number of benzene rings is 1. The normalized spacial score (nSPS) is 8.69. The highest BCUT2D eigenvalue weighted by Crippen LogP contribution is 2.10. The van der Waals surface area contributed by atoms with Gasteiger partial charge in [0.25, 0.3) is 0 Å². The van der Waals surface area contributed by atoms with Crippen LogP contribution in [0.25, 0.3) is 0 Å². The van der Waals surface area contributed by atoms with Gasteiger partial charge in [0.2, 0.25) is 0 Å². The van der Waals surface area contributed by atoms with Crippen LogP contribution < -0.4 is 5.32 Å². The summed E-state index contributed by atoms with van der Waals surface area (Å²) in [6, 6.07) is 11.8. The maximum Gasteiger partial charge on any atom is 0.117 e. The number of nitriles is 1. The van der Waals surface area contributed by atoms with E-state index in [-0.39, 0.29) is 0 Å². The van der Waals surface area contributed by atoms with Gasteiger partial charge in [0, 0.05) is 5.69 Å². The summed E-state index contributed by atoms with van der Waals surface area (Å²) < 4.78 is 0. The molecule has 0 heterocycles. The van der Waals surface area contributed by atoms with Crippen LogP contribution >= 0.6 is 0 Å². The summed E-state index contributed by atoms with van der Waals surface area (Å²) in [7, 11) is 0. The molecule has 1 aromatic rings. The molecule has 1 aromatic carbocycles. The first-order valence-electron chi connectivity index (χ1n) is 4.13. The first-order valence-corrected chi connectivity index (χ1v) is 4.13. The third-order valence-corrected chi connectivity index (χ3v) is 1.65. The lowest BCUT2D eigenvalue weighted by atomic mass is 10.2. The average Bonchev–Trinajstić information content (AvgIpc) is 2.15. The molecule has 0 aliphatic heterocycles. The minimum atomic E-state index is 0.617. The van der Waals surface area contributed by atoms with E-state index in [2.05, 4.69) is 11.4 Å². The van der Waals surface area contributed by atoms with Gasteiger partial charge in [-0.05, 0) is 31.6 Å². The van der Waals surface area contributed by atoms with Gasteiger partial charge < -0.3 is 5.32 Å². The lowest BCUT2D eigenvalue weighted by Crippen LogP contribution is -1.98. The number of nitrogens with zero attached hydrogens (tertiary/aromatic N) is 1. The lowest BCUT2D eigenvalue weighted by Gasteiger charge is -2.04. The van der Waals surface area contributed by atoms with E-state index < -0.39 is 0 Å². The summed E-state index contributed by atoms with van der Waals surface area (Å²) in [5, 5.41) is 11.8. The Morgan fingerprint density at radius 2 is 1.85 bits per heavy atom. The molecule has 66 valence electrons. The molecule has 0 amide bonds. The Morgan fingerprint density at radius 1 is 1.23 bits per heavy atom. The molecule has 0 saturated heterocycles. The summed E-state index contributed by atoms with van der Waals surface area (Å²) in [5.74, 6) is 0. The van der Waals surface area contributed by atoms with Crippen LogP contribution in [0.3, 0.4) is 0 Å². The van der Waals surface area contributed by atoms with Crippen molar-refractivity contribution in [3.05, 3.63) is 41.6 Å². The zero-order valence-electron chi connectivity index (χ0n) is 7.83. The van der Waals surface area contributed by atoms with Gasteiger partial charge in [-0.3, -0.25) is 0 Å². The zero-order chi connectivity index (χ0) is 9.68. The fourth-order valence-corrected chi connectivity index (χ4v) is 0.931. The molecule has 0 saturated carbocycles. The van der Waals surface area contributed by atoms with E-state index in [1.807, 2.05) is 44.2 Å². The zero-order valence-corrected chi connectivity index (χ0v) is 7.83. The highest BCUT2D eigenvalue weighted by molar-refractivity contribution is 5.52. The molecule has 0 spiro atoms. The Hall–Kier alpha value is -1.75. The third-order valence-electron chi connectivity index (χ3n) is 1.65. The van der Waals surface area contributed by atoms with Crippen LogP contribution in [0.2, 0.25) is 0 Å². The smallest absolute Gasteiger partial charge is 0.117 e. The number of rotatable bonds is 2. The second kappa shape index (κ2) is 4.32. The first kappa shape index (κ1) is 9.34. The van der Waals surface area contributed by atoms with Gasteiger partial charge in [0.15, 0.2) is 0 Å². The summed E-state index contributed by atoms with van der Waals surface area (Å²) in [4.78, 5) is 0.